The number of H-pyrrole nitrogens is 1. The third-order valence-electron chi connectivity index (χ3n) is 2.52. The van der Waals surface area contributed by atoms with Crippen molar-refractivity contribution in [3.05, 3.63) is 40.4 Å². The molecule has 0 radical (unpaired) electrons. The molecule has 0 fully saturated rings. The Hall–Kier alpha value is -3.03. The van der Waals surface area contributed by atoms with Crippen molar-refractivity contribution in [1.82, 2.24) is 9.97 Å². The summed E-state index contributed by atoms with van der Waals surface area (Å²) in [4.78, 5) is 28.2. The fourth-order valence-corrected chi connectivity index (χ4v) is 1.56. The van der Waals surface area contributed by atoms with Gasteiger partial charge in [0.25, 0.3) is 0 Å². The van der Waals surface area contributed by atoms with Crippen LogP contribution in [0.15, 0.2) is 29.2 Å². The van der Waals surface area contributed by atoms with Gasteiger partial charge in [-0.25, -0.2) is 9.59 Å². The number of hydrogen-bond donors (Lipinski definition) is 4. The molecule has 0 unspecified atom stereocenters. The van der Waals surface area contributed by atoms with Crippen LogP contribution >= 0.6 is 0 Å². The number of nitrogens with one attached hydrogen (secondary N) is 2. The molecule has 0 saturated carbocycles. The number of aromatic nitrogens is 2. The Kier molecular flexibility index (Phi) is 3.56. The van der Waals surface area contributed by atoms with E-state index in [2.05, 4.69) is 20.0 Å². The first-order chi connectivity index (χ1) is 9.51. The van der Waals surface area contributed by atoms with Crippen LogP contribution in [-0.4, -0.2) is 28.2 Å². The first-order valence-corrected chi connectivity index (χ1v) is 5.54. The van der Waals surface area contributed by atoms with Crippen molar-refractivity contribution in [2.75, 3.05) is 18.2 Å². The molecular weight excluding hydrogens is 264 g/mol. The van der Waals surface area contributed by atoms with Gasteiger partial charge in [-0.2, -0.15) is 4.98 Å². The summed E-state index contributed by atoms with van der Waals surface area (Å²) < 4.78 is 4.57. The maximum atomic E-state index is 11.4. The average molecular weight is 276 g/mol. The van der Waals surface area contributed by atoms with E-state index < -0.39 is 11.7 Å². The summed E-state index contributed by atoms with van der Waals surface area (Å²) >= 11 is 0. The number of hydrogen-bond acceptors (Lipinski definition) is 7. The predicted octanol–water partition coefficient (Wildman–Crippen LogP) is 0.588. The van der Waals surface area contributed by atoms with E-state index in [1.807, 2.05) is 0 Å². The molecular formula is C12H12N4O4. The molecule has 0 aliphatic heterocycles. The summed E-state index contributed by atoms with van der Waals surface area (Å²) in [5.41, 5.74) is 6.04. The van der Waals surface area contributed by atoms with Gasteiger partial charge in [-0.3, -0.25) is 4.98 Å². The van der Waals surface area contributed by atoms with Crippen molar-refractivity contribution < 1.29 is 14.6 Å². The molecule has 20 heavy (non-hydrogen) atoms. The van der Waals surface area contributed by atoms with Crippen molar-refractivity contribution in [2.45, 2.75) is 0 Å². The van der Waals surface area contributed by atoms with Gasteiger partial charge in [0.1, 0.15) is 0 Å². The molecule has 0 aliphatic rings. The number of ether oxygens (including phenoxy) is 1. The third kappa shape index (κ3) is 2.69. The number of carbonyl (C=O) groups excluding carboxylic acids is 1. The Bertz CT molecular complexity index is 711. The molecule has 0 amide bonds. The van der Waals surface area contributed by atoms with Crippen LogP contribution in [0.1, 0.15) is 10.4 Å². The summed E-state index contributed by atoms with van der Waals surface area (Å²) in [5.74, 6) is -0.690. The Morgan fingerprint density at radius 3 is 2.90 bits per heavy atom. The SMILES string of the molecule is COC(=O)c1ccc(Nc2[nH]c(=O)ncc2O)cc1N. The molecule has 8 nitrogen and oxygen atoms in total. The summed E-state index contributed by atoms with van der Waals surface area (Å²) in [6.45, 7) is 0. The van der Waals surface area contributed by atoms with E-state index >= 15 is 0 Å². The fraction of sp³-hybridized carbons (Fsp3) is 0.0833. The first-order valence-electron chi connectivity index (χ1n) is 5.54. The van der Waals surface area contributed by atoms with Gasteiger partial charge >= 0.3 is 11.7 Å². The molecule has 2 aromatic rings. The van der Waals surface area contributed by atoms with E-state index in [1.54, 1.807) is 6.07 Å². The van der Waals surface area contributed by atoms with Crippen molar-refractivity contribution in [3.63, 3.8) is 0 Å². The maximum absolute atomic E-state index is 11.4. The molecule has 2 rings (SSSR count). The average Bonchev–Trinajstić information content (AvgIpc) is 2.42. The van der Waals surface area contributed by atoms with E-state index in [0.717, 1.165) is 6.20 Å². The Morgan fingerprint density at radius 1 is 1.50 bits per heavy atom. The lowest BCUT2D eigenvalue weighted by Gasteiger charge is -2.10. The van der Waals surface area contributed by atoms with Crippen LogP contribution in [0.2, 0.25) is 0 Å². The second kappa shape index (κ2) is 5.31. The molecule has 0 spiro atoms. The van der Waals surface area contributed by atoms with Gasteiger partial charge < -0.3 is 20.9 Å². The monoisotopic (exact) mass is 276 g/mol. The van der Waals surface area contributed by atoms with Gasteiger partial charge in [-0.1, -0.05) is 0 Å². The number of benzene rings is 1. The van der Waals surface area contributed by atoms with Crippen LogP contribution in [0, 0.1) is 0 Å². The number of carbonyl (C=O) groups is 1. The lowest BCUT2D eigenvalue weighted by atomic mass is 10.1. The number of nitrogens with two attached hydrogens (primary N) is 1. The van der Waals surface area contributed by atoms with Crippen LogP contribution in [0.3, 0.4) is 0 Å². The highest BCUT2D eigenvalue weighted by molar-refractivity contribution is 5.95. The smallest absolute Gasteiger partial charge is 0.346 e. The number of methoxy groups -OCH3 is 1. The molecule has 1 aromatic heterocycles. The van der Waals surface area contributed by atoms with Crippen LogP contribution in [-0.2, 0) is 4.74 Å². The van der Waals surface area contributed by atoms with Crippen molar-refractivity contribution in [1.29, 1.82) is 0 Å². The zero-order valence-electron chi connectivity index (χ0n) is 10.5. The number of esters is 1. The van der Waals surface area contributed by atoms with Crippen molar-refractivity contribution >= 4 is 23.2 Å². The quantitative estimate of drug-likeness (QED) is 0.476. The largest absolute Gasteiger partial charge is 0.503 e. The van der Waals surface area contributed by atoms with Gasteiger partial charge in [0.05, 0.1) is 18.9 Å². The maximum Gasteiger partial charge on any atom is 0.346 e. The first kappa shape index (κ1) is 13.4. The Morgan fingerprint density at radius 2 is 2.25 bits per heavy atom. The fourth-order valence-electron chi connectivity index (χ4n) is 1.56. The van der Waals surface area contributed by atoms with Gasteiger partial charge in [0.2, 0.25) is 0 Å². The van der Waals surface area contributed by atoms with E-state index in [9.17, 15) is 14.7 Å². The predicted molar refractivity (Wildman–Crippen MR) is 72.0 cm³/mol. The minimum atomic E-state index is -0.607. The lowest BCUT2D eigenvalue weighted by Crippen LogP contribution is -2.11. The highest BCUT2D eigenvalue weighted by Gasteiger charge is 2.11. The molecule has 0 aliphatic carbocycles. The van der Waals surface area contributed by atoms with Gasteiger partial charge in [0.15, 0.2) is 11.6 Å². The summed E-state index contributed by atoms with van der Waals surface area (Å²) in [7, 11) is 1.26. The molecule has 0 bridgehead atoms. The van der Waals surface area contributed by atoms with E-state index in [-0.39, 0.29) is 22.8 Å². The number of nitrogens with zero attached hydrogens (tertiary/aromatic N) is 1. The highest BCUT2D eigenvalue weighted by atomic mass is 16.5. The topological polar surface area (TPSA) is 130 Å². The van der Waals surface area contributed by atoms with Crippen LogP contribution in [0.4, 0.5) is 17.2 Å². The number of nitrogen functional groups attached to an aromatic ring is 1. The minimum absolute atomic E-state index is 0.0789. The van der Waals surface area contributed by atoms with Crippen LogP contribution < -0.4 is 16.7 Å². The van der Waals surface area contributed by atoms with Crippen molar-refractivity contribution in [3.8, 4) is 5.75 Å². The summed E-state index contributed by atoms with van der Waals surface area (Å²) in [5, 5.41) is 12.3. The molecule has 1 heterocycles. The molecule has 0 atom stereocenters. The van der Waals surface area contributed by atoms with Crippen LogP contribution in [0.25, 0.3) is 0 Å². The van der Waals surface area contributed by atoms with Gasteiger partial charge in [0, 0.05) is 11.4 Å². The standard InChI is InChI=1S/C12H12N4O4/c1-20-11(18)7-3-2-6(4-8(7)13)15-10-9(17)5-14-12(19)16-10/h2-5,17H,13H2,1H3,(H2,14,15,16,19). The number of anilines is 3. The van der Waals surface area contributed by atoms with Gasteiger partial charge in [-0.15, -0.1) is 0 Å². The molecule has 8 heteroatoms. The van der Waals surface area contributed by atoms with Gasteiger partial charge in [-0.05, 0) is 18.2 Å². The molecule has 1 aromatic carbocycles. The number of aromatic hydroxyl groups is 1. The summed E-state index contributed by atoms with van der Waals surface area (Å²) in [6, 6.07) is 4.51. The Labute approximate surface area is 113 Å². The number of aromatic amines is 1. The van der Waals surface area contributed by atoms with E-state index in [4.69, 9.17) is 5.73 Å². The second-order valence-corrected chi connectivity index (χ2v) is 3.87. The van der Waals surface area contributed by atoms with Crippen LogP contribution in [0.5, 0.6) is 5.75 Å². The van der Waals surface area contributed by atoms with Crippen molar-refractivity contribution in [2.24, 2.45) is 0 Å². The second-order valence-electron chi connectivity index (χ2n) is 3.87. The number of rotatable bonds is 3. The minimum Gasteiger partial charge on any atom is -0.503 e. The molecule has 5 N–H and O–H groups in total. The highest BCUT2D eigenvalue weighted by Crippen LogP contribution is 2.24. The Balaban J connectivity index is 2.31. The zero-order valence-corrected chi connectivity index (χ0v) is 10.5. The summed E-state index contributed by atoms with van der Waals surface area (Å²) in [6.07, 6.45) is 1.02. The van der Waals surface area contributed by atoms with E-state index in [1.165, 1.54) is 19.2 Å². The normalized spacial score (nSPS) is 10.1. The molecule has 0 saturated heterocycles. The lowest BCUT2D eigenvalue weighted by molar-refractivity contribution is 0.0602. The zero-order chi connectivity index (χ0) is 14.7. The molecule has 104 valence electrons. The van der Waals surface area contributed by atoms with E-state index in [0.29, 0.717) is 5.69 Å². The third-order valence-corrected chi connectivity index (χ3v) is 2.52.